The highest BCUT2D eigenvalue weighted by atomic mass is 32.1. The van der Waals surface area contributed by atoms with Gasteiger partial charge in [-0.25, -0.2) is 4.98 Å². The SMILES string of the molecule is CC(C)c1nc(N)cs1.CNC. The molecule has 0 radical (unpaired) electrons. The van der Waals surface area contributed by atoms with Gasteiger partial charge in [-0.3, -0.25) is 0 Å². The molecule has 0 unspecified atom stereocenters. The van der Waals surface area contributed by atoms with Crippen molar-refractivity contribution in [2.24, 2.45) is 0 Å². The molecule has 0 aromatic carbocycles. The van der Waals surface area contributed by atoms with Gasteiger partial charge in [0.1, 0.15) is 5.82 Å². The van der Waals surface area contributed by atoms with E-state index in [-0.39, 0.29) is 0 Å². The first-order valence-corrected chi connectivity index (χ1v) is 4.79. The van der Waals surface area contributed by atoms with Crippen LogP contribution < -0.4 is 11.1 Å². The van der Waals surface area contributed by atoms with E-state index in [9.17, 15) is 0 Å². The maximum Gasteiger partial charge on any atom is 0.134 e. The number of hydrogen-bond donors (Lipinski definition) is 2. The standard InChI is InChI=1S/C6H10N2S.C2H7N/c1-4(2)6-8-5(7)3-9-6;1-3-2/h3-4H,7H2,1-2H3;3H,1-2H3. The first-order valence-electron chi connectivity index (χ1n) is 3.91. The fourth-order valence-electron chi connectivity index (χ4n) is 0.566. The Kier molecular flexibility index (Phi) is 5.66. The molecule has 3 N–H and O–H groups in total. The Labute approximate surface area is 78.0 Å². The van der Waals surface area contributed by atoms with E-state index < -0.39 is 0 Å². The highest BCUT2D eigenvalue weighted by Gasteiger charge is 2.01. The average molecular weight is 187 g/mol. The molecule has 0 spiro atoms. The first kappa shape index (κ1) is 11.4. The number of nitrogens with two attached hydrogens (primary N) is 1. The lowest BCUT2D eigenvalue weighted by Crippen LogP contribution is -1.89. The summed E-state index contributed by atoms with van der Waals surface area (Å²) in [5.74, 6) is 1.15. The summed E-state index contributed by atoms with van der Waals surface area (Å²) in [6, 6.07) is 0. The van der Waals surface area contributed by atoms with Crippen molar-refractivity contribution >= 4 is 17.2 Å². The van der Waals surface area contributed by atoms with Crippen LogP contribution in [0.15, 0.2) is 5.38 Å². The van der Waals surface area contributed by atoms with Crippen LogP contribution in [0.5, 0.6) is 0 Å². The summed E-state index contributed by atoms with van der Waals surface area (Å²) >= 11 is 1.62. The number of anilines is 1. The normalized spacial score (nSPS) is 9.42. The summed E-state index contributed by atoms with van der Waals surface area (Å²) in [7, 11) is 3.75. The molecule has 1 aromatic rings. The Balaban J connectivity index is 0.000000354. The monoisotopic (exact) mass is 187 g/mol. The molecule has 0 amide bonds. The highest BCUT2D eigenvalue weighted by molar-refractivity contribution is 7.10. The zero-order chi connectivity index (χ0) is 9.56. The van der Waals surface area contributed by atoms with Crippen LogP contribution in [0.4, 0.5) is 5.82 Å². The number of hydrogen-bond acceptors (Lipinski definition) is 4. The van der Waals surface area contributed by atoms with Crippen molar-refractivity contribution in [3.05, 3.63) is 10.4 Å². The van der Waals surface area contributed by atoms with Gasteiger partial charge in [0.2, 0.25) is 0 Å². The lowest BCUT2D eigenvalue weighted by molar-refractivity contribution is 0.854. The molecule has 0 fully saturated rings. The molecule has 3 nitrogen and oxygen atoms in total. The molecule has 1 heterocycles. The van der Waals surface area contributed by atoms with Gasteiger partial charge in [0, 0.05) is 11.3 Å². The lowest BCUT2D eigenvalue weighted by atomic mass is 10.2. The van der Waals surface area contributed by atoms with E-state index in [1.54, 1.807) is 11.3 Å². The zero-order valence-corrected chi connectivity index (χ0v) is 8.90. The number of nitrogens with one attached hydrogen (secondary N) is 1. The van der Waals surface area contributed by atoms with E-state index >= 15 is 0 Å². The number of rotatable bonds is 1. The molecule has 0 atom stereocenters. The van der Waals surface area contributed by atoms with Crippen molar-refractivity contribution in [1.29, 1.82) is 0 Å². The third kappa shape index (κ3) is 4.31. The summed E-state index contributed by atoms with van der Waals surface area (Å²) in [6.45, 7) is 4.22. The van der Waals surface area contributed by atoms with Gasteiger partial charge in [-0.2, -0.15) is 0 Å². The smallest absolute Gasteiger partial charge is 0.134 e. The number of aromatic nitrogens is 1. The van der Waals surface area contributed by atoms with Crippen LogP contribution >= 0.6 is 11.3 Å². The summed E-state index contributed by atoms with van der Waals surface area (Å²) in [5, 5.41) is 5.74. The van der Waals surface area contributed by atoms with Crippen LogP contribution in [-0.4, -0.2) is 19.1 Å². The summed E-state index contributed by atoms with van der Waals surface area (Å²) < 4.78 is 0. The Bertz CT molecular complexity index is 208. The predicted molar refractivity (Wildman–Crippen MR) is 55.6 cm³/mol. The number of thiazole rings is 1. The van der Waals surface area contributed by atoms with Crippen LogP contribution in [0.25, 0.3) is 0 Å². The van der Waals surface area contributed by atoms with E-state index in [1.807, 2.05) is 19.5 Å². The maximum absolute atomic E-state index is 5.42. The number of nitrogen functional groups attached to an aromatic ring is 1. The van der Waals surface area contributed by atoms with Crippen LogP contribution in [0.2, 0.25) is 0 Å². The second-order valence-corrected chi connectivity index (χ2v) is 3.65. The molecule has 0 bridgehead atoms. The van der Waals surface area contributed by atoms with E-state index in [2.05, 4.69) is 24.1 Å². The fraction of sp³-hybridized carbons (Fsp3) is 0.625. The Morgan fingerprint density at radius 1 is 1.50 bits per heavy atom. The summed E-state index contributed by atoms with van der Waals surface area (Å²) in [6.07, 6.45) is 0. The quantitative estimate of drug-likeness (QED) is 0.703. The highest BCUT2D eigenvalue weighted by Crippen LogP contribution is 2.19. The van der Waals surface area contributed by atoms with Gasteiger partial charge in [-0.05, 0) is 14.1 Å². The van der Waals surface area contributed by atoms with Crippen LogP contribution in [0.1, 0.15) is 24.8 Å². The van der Waals surface area contributed by atoms with Crippen molar-refractivity contribution in [2.45, 2.75) is 19.8 Å². The van der Waals surface area contributed by atoms with Gasteiger partial charge in [0.05, 0.1) is 5.01 Å². The van der Waals surface area contributed by atoms with Crippen molar-refractivity contribution in [2.75, 3.05) is 19.8 Å². The van der Waals surface area contributed by atoms with Crippen LogP contribution in [-0.2, 0) is 0 Å². The molecule has 0 aliphatic rings. The first-order chi connectivity index (χ1) is 5.61. The van der Waals surface area contributed by atoms with E-state index in [0.717, 1.165) is 5.01 Å². The summed E-state index contributed by atoms with van der Waals surface area (Å²) in [4.78, 5) is 4.11. The van der Waals surface area contributed by atoms with Crippen molar-refractivity contribution in [1.82, 2.24) is 10.3 Å². The molecule has 0 saturated carbocycles. The van der Waals surface area contributed by atoms with E-state index in [4.69, 9.17) is 5.73 Å². The largest absolute Gasteiger partial charge is 0.383 e. The molecule has 70 valence electrons. The molecule has 0 saturated heterocycles. The van der Waals surface area contributed by atoms with Gasteiger partial charge in [0.15, 0.2) is 0 Å². The van der Waals surface area contributed by atoms with Gasteiger partial charge < -0.3 is 11.1 Å². The molecule has 1 aromatic heterocycles. The molecular weight excluding hydrogens is 170 g/mol. The predicted octanol–water partition coefficient (Wildman–Crippen LogP) is 1.68. The van der Waals surface area contributed by atoms with Gasteiger partial charge >= 0.3 is 0 Å². The van der Waals surface area contributed by atoms with E-state index in [1.165, 1.54) is 0 Å². The molecule has 1 rings (SSSR count). The van der Waals surface area contributed by atoms with Crippen molar-refractivity contribution in [3.63, 3.8) is 0 Å². The second-order valence-electron chi connectivity index (χ2n) is 2.77. The van der Waals surface area contributed by atoms with Gasteiger partial charge in [-0.1, -0.05) is 13.8 Å². The zero-order valence-electron chi connectivity index (χ0n) is 8.09. The minimum Gasteiger partial charge on any atom is -0.383 e. The van der Waals surface area contributed by atoms with Crippen molar-refractivity contribution in [3.8, 4) is 0 Å². The molecule has 4 heteroatoms. The minimum atomic E-state index is 0.507. The Hall–Kier alpha value is -0.610. The average Bonchev–Trinajstić information content (AvgIpc) is 2.37. The summed E-state index contributed by atoms with van der Waals surface area (Å²) in [5.41, 5.74) is 5.42. The number of nitrogens with zero attached hydrogens (tertiary/aromatic N) is 1. The molecule has 12 heavy (non-hydrogen) atoms. The van der Waals surface area contributed by atoms with E-state index in [0.29, 0.717) is 11.7 Å². The lowest BCUT2D eigenvalue weighted by Gasteiger charge is -1.94. The van der Waals surface area contributed by atoms with Crippen LogP contribution in [0, 0.1) is 0 Å². The Morgan fingerprint density at radius 2 is 2.00 bits per heavy atom. The molecule has 0 aliphatic heterocycles. The maximum atomic E-state index is 5.42. The van der Waals surface area contributed by atoms with Gasteiger partial charge in [0.25, 0.3) is 0 Å². The third-order valence-corrected chi connectivity index (χ3v) is 2.20. The van der Waals surface area contributed by atoms with Crippen molar-refractivity contribution < 1.29 is 0 Å². The van der Waals surface area contributed by atoms with Gasteiger partial charge in [-0.15, -0.1) is 11.3 Å². The van der Waals surface area contributed by atoms with Crippen LogP contribution in [0.3, 0.4) is 0 Å². The minimum absolute atomic E-state index is 0.507. The Morgan fingerprint density at radius 3 is 2.17 bits per heavy atom. The topological polar surface area (TPSA) is 50.9 Å². The second kappa shape index (κ2) is 5.97. The molecule has 0 aliphatic carbocycles. The fourth-order valence-corrected chi connectivity index (χ4v) is 1.29. The molecular formula is C8H17N3S. The third-order valence-electron chi connectivity index (χ3n) is 1.03.